The van der Waals surface area contributed by atoms with Gasteiger partial charge in [-0.1, -0.05) is 30.7 Å². The predicted octanol–water partition coefficient (Wildman–Crippen LogP) is 2.21. The molecule has 0 aromatic rings. The summed E-state index contributed by atoms with van der Waals surface area (Å²) in [6, 6.07) is 0. The van der Waals surface area contributed by atoms with Gasteiger partial charge in [0.2, 0.25) is 0 Å². The third-order valence-electron chi connectivity index (χ3n) is 1.75. The van der Waals surface area contributed by atoms with Gasteiger partial charge in [-0.15, -0.1) is 0 Å². The molecule has 1 aliphatic carbocycles. The van der Waals surface area contributed by atoms with E-state index in [-0.39, 0.29) is 0 Å². The molecule has 0 fully saturated rings. The molecule has 0 bridgehead atoms. The summed E-state index contributed by atoms with van der Waals surface area (Å²) in [4.78, 5) is 10.9. The number of hydrogen-bond acceptors (Lipinski definition) is 3. The number of nitrogens with one attached hydrogen (secondary N) is 1. The number of nitrogens with zero attached hydrogens (tertiary/aromatic N) is 1. The maximum absolute atomic E-state index is 10.9. The van der Waals surface area contributed by atoms with Gasteiger partial charge in [-0.25, -0.2) is 0 Å². The molecule has 4 heteroatoms. The van der Waals surface area contributed by atoms with E-state index >= 15 is 0 Å². The van der Waals surface area contributed by atoms with Crippen LogP contribution in [0.1, 0.15) is 33.6 Å². The molecule has 84 valence electrons. The first-order valence-corrected chi connectivity index (χ1v) is 5.08. The summed E-state index contributed by atoms with van der Waals surface area (Å²) in [6.07, 6.45) is 6.66. The van der Waals surface area contributed by atoms with Crippen LogP contribution in [0.25, 0.3) is 0 Å². The van der Waals surface area contributed by atoms with Gasteiger partial charge in [0.1, 0.15) is 6.21 Å². The van der Waals surface area contributed by atoms with Gasteiger partial charge < -0.3 is 10.5 Å². The second kappa shape index (κ2) is 7.79. The molecule has 15 heavy (non-hydrogen) atoms. The van der Waals surface area contributed by atoms with Crippen molar-refractivity contribution in [2.75, 3.05) is 0 Å². The van der Waals surface area contributed by atoms with E-state index in [4.69, 9.17) is 5.21 Å². The highest BCUT2D eigenvalue weighted by molar-refractivity contribution is 6.26. The average molecular weight is 210 g/mol. The number of amides is 1. The molecular weight excluding hydrogens is 192 g/mol. The molecule has 2 N–H and O–H groups in total. The zero-order chi connectivity index (χ0) is 11.7. The summed E-state index contributed by atoms with van der Waals surface area (Å²) in [5.41, 5.74) is 2.01. The van der Waals surface area contributed by atoms with Crippen molar-refractivity contribution in [2.24, 2.45) is 5.16 Å². The highest BCUT2D eigenvalue weighted by atomic mass is 16.4. The SMILES string of the molecule is CC.CC1=CC(NC(=O)/C=N/O)=CCC1. The fourth-order valence-electron chi connectivity index (χ4n) is 1.17. The normalized spacial score (nSPS) is 14.9. The van der Waals surface area contributed by atoms with Gasteiger partial charge in [0.15, 0.2) is 0 Å². The minimum Gasteiger partial charge on any atom is -0.411 e. The van der Waals surface area contributed by atoms with E-state index in [0.29, 0.717) is 0 Å². The quantitative estimate of drug-likeness (QED) is 0.417. The molecule has 0 radical (unpaired) electrons. The van der Waals surface area contributed by atoms with Crippen molar-refractivity contribution in [1.29, 1.82) is 0 Å². The minimum atomic E-state index is -0.417. The van der Waals surface area contributed by atoms with Crippen LogP contribution in [0.5, 0.6) is 0 Å². The average Bonchev–Trinajstić information content (AvgIpc) is 2.21. The Kier molecular flexibility index (Phi) is 6.97. The van der Waals surface area contributed by atoms with Crippen LogP contribution in [-0.4, -0.2) is 17.3 Å². The van der Waals surface area contributed by atoms with Crippen LogP contribution in [0.3, 0.4) is 0 Å². The standard InChI is InChI=1S/C9H12N2O2.C2H6/c1-7-3-2-4-8(5-7)11-9(12)6-10-13;1-2/h4-6,13H,2-3H2,1H3,(H,11,12);1-2H3/b10-6+;. The molecule has 1 aliphatic rings. The van der Waals surface area contributed by atoms with Gasteiger partial charge in [-0.2, -0.15) is 0 Å². The summed E-state index contributed by atoms with van der Waals surface area (Å²) in [6.45, 7) is 6.01. The molecule has 0 heterocycles. The summed E-state index contributed by atoms with van der Waals surface area (Å²) < 4.78 is 0. The fraction of sp³-hybridized carbons (Fsp3) is 0.455. The first-order valence-electron chi connectivity index (χ1n) is 5.08. The second-order valence-electron chi connectivity index (χ2n) is 2.92. The molecule has 0 spiro atoms. The van der Waals surface area contributed by atoms with Crippen molar-refractivity contribution in [2.45, 2.75) is 33.6 Å². The smallest absolute Gasteiger partial charge is 0.270 e. The minimum absolute atomic E-state index is 0.417. The van der Waals surface area contributed by atoms with Crippen LogP contribution in [0, 0.1) is 0 Å². The molecule has 0 aliphatic heterocycles. The lowest BCUT2D eigenvalue weighted by molar-refractivity contribution is -0.113. The Hall–Kier alpha value is -1.58. The van der Waals surface area contributed by atoms with Crippen LogP contribution in [0.2, 0.25) is 0 Å². The topological polar surface area (TPSA) is 61.7 Å². The highest BCUT2D eigenvalue weighted by Crippen LogP contribution is 2.14. The molecular formula is C11H18N2O2. The van der Waals surface area contributed by atoms with Crippen LogP contribution in [0.15, 0.2) is 28.6 Å². The van der Waals surface area contributed by atoms with Crippen molar-refractivity contribution < 1.29 is 10.0 Å². The van der Waals surface area contributed by atoms with E-state index in [9.17, 15) is 4.79 Å². The number of rotatable bonds is 2. The largest absolute Gasteiger partial charge is 0.411 e. The van der Waals surface area contributed by atoms with E-state index in [2.05, 4.69) is 10.5 Å². The zero-order valence-electron chi connectivity index (χ0n) is 9.45. The Morgan fingerprint density at radius 2 is 2.27 bits per heavy atom. The Morgan fingerprint density at radius 1 is 1.60 bits per heavy atom. The summed E-state index contributed by atoms with van der Waals surface area (Å²) in [7, 11) is 0. The third kappa shape index (κ3) is 5.67. The van der Waals surface area contributed by atoms with E-state index < -0.39 is 5.91 Å². The summed E-state index contributed by atoms with van der Waals surface area (Å²) in [5.74, 6) is -0.417. The van der Waals surface area contributed by atoms with Gasteiger partial charge in [0.25, 0.3) is 5.91 Å². The Balaban J connectivity index is 0.000000921. The molecule has 0 saturated heterocycles. The number of carbonyl (C=O) groups excluding carboxylic acids is 1. The molecule has 0 aromatic carbocycles. The van der Waals surface area contributed by atoms with Gasteiger partial charge >= 0.3 is 0 Å². The lowest BCUT2D eigenvalue weighted by atomic mass is 10.1. The van der Waals surface area contributed by atoms with E-state index in [0.717, 1.165) is 24.8 Å². The molecule has 1 rings (SSSR count). The van der Waals surface area contributed by atoms with E-state index in [1.807, 2.05) is 32.9 Å². The zero-order valence-corrected chi connectivity index (χ0v) is 9.45. The summed E-state index contributed by atoms with van der Waals surface area (Å²) in [5, 5.41) is 13.3. The van der Waals surface area contributed by atoms with Crippen molar-refractivity contribution in [3.63, 3.8) is 0 Å². The van der Waals surface area contributed by atoms with Gasteiger partial charge in [-0.3, -0.25) is 4.79 Å². The van der Waals surface area contributed by atoms with Crippen molar-refractivity contribution in [3.8, 4) is 0 Å². The number of carbonyl (C=O) groups is 1. The lowest BCUT2D eigenvalue weighted by Crippen LogP contribution is -2.23. The van der Waals surface area contributed by atoms with Gasteiger partial charge in [-0.05, 0) is 25.8 Å². The van der Waals surface area contributed by atoms with Gasteiger partial charge in [0.05, 0.1) is 0 Å². The maximum atomic E-state index is 10.9. The molecule has 0 unspecified atom stereocenters. The molecule has 4 nitrogen and oxygen atoms in total. The lowest BCUT2D eigenvalue weighted by Gasteiger charge is -2.10. The fourth-order valence-corrected chi connectivity index (χ4v) is 1.17. The molecule has 1 amide bonds. The number of oxime groups is 1. The predicted molar refractivity (Wildman–Crippen MR) is 60.8 cm³/mol. The monoisotopic (exact) mass is 210 g/mol. The molecule has 0 saturated carbocycles. The van der Waals surface area contributed by atoms with Crippen molar-refractivity contribution in [1.82, 2.24) is 5.32 Å². The van der Waals surface area contributed by atoms with Crippen LogP contribution >= 0.6 is 0 Å². The van der Waals surface area contributed by atoms with Crippen molar-refractivity contribution >= 4 is 12.1 Å². The highest BCUT2D eigenvalue weighted by Gasteiger charge is 2.03. The molecule has 0 aromatic heterocycles. The van der Waals surface area contributed by atoms with E-state index in [1.54, 1.807) is 0 Å². The first-order chi connectivity index (χ1) is 7.22. The number of hydrogen-bond donors (Lipinski definition) is 2. The van der Waals surface area contributed by atoms with Crippen LogP contribution in [-0.2, 0) is 4.79 Å². The first kappa shape index (κ1) is 13.4. The van der Waals surface area contributed by atoms with Gasteiger partial charge in [0, 0.05) is 5.70 Å². The van der Waals surface area contributed by atoms with E-state index in [1.165, 1.54) is 5.57 Å². The third-order valence-corrected chi connectivity index (χ3v) is 1.75. The second-order valence-corrected chi connectivity index (χ2v) is 2.92. The number of allylic oxidation sites excluding steroid dienone is 3. The van der Waals surface area contributed by atoms with Crippen LogP contribution in [0.4, 0.5) is 0 Å². The molecule has 0 atom stereocenters. The Morgan fingerprint density at radius 3 is 2.80 bits per heavy atom. The maximum Gasteiger partial charge on any atom is 0.270 e. The Bertz CT molecular complexity index is 291. The van der Waals surface area contributed by atoms with Crippen LogP contribution < -0.4 is 5.32 Å². The van der Waals surface area contributed by atoms with Crippen molar-refractivity contribution in [3.05, 3.63) is 23.4 Å². The Labute approximate surface area is 90.4 Å². The summed E-state index contributed by atoms with van der Waals surface area (Å²) >= 11 is 0.